The van der Waals surface area contributed by atoms with Crippen LogP contribution in [0.15, 0.2) is 48.5 Å². The number of ether oxygens (including phenoxy) is 1. The van der Waals surface area contributed by atoms with Crippen molar-refractivity contribution in [3.63, 3.8) is 0 Å². The van der Waals surface area contributed by atoms with E-state index in [1.807, 2.05) is 56.3 Å². The Bertz CT molecular complexity index is 788. The van der Waals surface area contributed by atoms with Crippen LogP contribution in [0.1, 0.15) is 18.9 Å². The molecule has 3 rings (SSSR count). The number of amides is 2. The van der Waals surface area contributed by atoms with E-state index in [0.29, 0.717) is 24.5 Å². The van der Waals surface area contributed by atoms with E-state index in [1.54, 1.807) is 6.07 Å². The molecule has 2 aromatic carbocycles. The third-order valence-electron chi connectivity index (χ3n) is 4.19. The largest absolute Gasteiger partial charge is 0.492 e. The zero-order valence-electron chi connectivity index (χ0n) is 14.4. The maximum absolute atomic E-state index is 12.4. The standard InChI is InChI=1S/C20H22N2O3/c1-3-25-18-10-5-4-9-17(18)22-20(24)16-12-15(16)19(23)21-14-8-6-7-13(2)11-14/h4-11,15-16H,3,12H2,1-2H3,(H,21,23)(H,22,24). The van der Waals surface area contributed by atoms with Crippen molar-refractivity contribution in [2.45, 2.75) is 20.3 Å². The van der Waals surface area contributed by atoms with Gasteiger partial charge in [0.25, 0.3) is 0 Å². The highest BCUT2D eigenvalue weighted by Crippen LogP contribution is 2.40. The Morgan fingerprint density at radius 2 is 1.76 bits per heavy atom. The van der Waals surface area contributed by atoms with Crippen molar-refractivity contribution in [2.24, 2.45) is 11.8 Å². The monoisotopic (exact) mass is 338 g/mol. The SMILES string of the molecule is CCOc1ccccc1NC(=O)C1CC1C(=O)Nc1cccc(C)c1. The van der Waals surface area contributed by atoms with Gasteiger partial charge in [0.1, 0.15) is 5.75 Å². The average Bonchev–Trinajstić information content (AvgIpc) is 3.38. The number of para-hydroxylation sites is 2. The van der Waals surface area contributed by atoms with Crippen molar-refractivity contribution in [3.8, 4) is 5.75 Å². The summed E-state index contributed by atoms with van der Waals surface area (Å²) in [6.07, 6.45) is 0.570. The van der Waals surface area contributed by atoms with Crippen LogP contribution in [-0.4, -0.2) is 18.4 Å². The predicted octanol–water partition coefficient (Wildman–Crippen LogP) is 3.61. The number of aryl methyl sites for hydroxylation is 1. The van der Waals surface area contributed by atoms with Crippen molar-refractivity contribution in [1.29, 1.82) is 0 Å². The molecule has 0 radical (unpaired) electrons. The molecule has 0 aliphatic heterocycles. The Kier molecular flexibility index (Phi) is 5.03. The van der Waals surface area contributed by atoms with Crippen LogP contribution >= 0.6 is 0 Å². The van der Waals surface area contributed by atoms with Gasteiger partial charge in [-0.2, -0.15) is 0 Å². The quantitative estimate of drug-likeness (QED) is 0.845. The molecule has 0 bridgehead atoms. The molecule has 1 aliphatic carbocycles. The molecule has 2 N–H and O–H groups in total. The molecule has 0 spiro atoms. The summed E-state index contributed by atoms with van der Waals surface area (Å²) < 4.78 is 5.51. The van der Waals surface area contributed by atoms with Crippen LogP contribution in [0.2, 0.25) is 0 Å². The maximum atomic E-state index is 12.4. The van der Waals surface area contributed by atoms with Gasteiger partial charge in [0.2, 0.25) is 11.8 Å². The highest BCUT2D eigenvalue weighted by molar-refractivity contribution is 6.03. The lowest BCUT2D eigenvalue weighted by atomic mass is 10.2. The van der Waals surface area contributed by atoms with Gasteiger partial charge in [-0.15, -0.1) is 0 Å². The summed E-state index contributed by atoms with van der Waals surface area (Å²) in [4.78, 5) is 24.7. The summed E-state index contributed by atoms with van der Waals surface area (Å²) in [5, 5.41) is 5.75. The second-order valence-corrected chi connectivity index (χ2v) is 6.23. The molecular weight excluding hydrogens is 316 g/mol. The van der Waals surface area contributed by atoms with E-state index in [-0.39, 0.29) is 23.7 Å². The van der Waals surface area contributed by atoms with E-state index < -0.39 is 0 Å². The summed E-state index contributed by atoms with van der Waals surface area (Å²) in [7, 11) is 0. The lowest BCUT2D eigenvalue weighted by Gasteiger charge is -2.11. The number of benzene rings is 2. The first-order valence-corrected chi connectivity index (χ1v) is 8.48. The van der Waals surface area contributed by atoms with Crippen LogP contribution in [0.4, 0.5) is 11.4 Å². The minimum atomic E-state index is -0.292. The van der Waals surface area contributed by atoms with Crippen molar-refractivity contribution >= 4 is 23.2 Å². The molecule has 1 fully saturated rings. The van der Waals surface area contributed by atoms with Gasteiger partial charge in [-0.3, -0.25) is 9.59 Å². The highest BCUT2D eigenvalue weighted by atomic mass is 16.5. The van der Waals surface area contributed by atoms with Crippen molar-refractivity contribution in [1.82, 2.24) is 0 Å². The van der Waals surface area contributed by atoms with Crippen LogP contribution in [-0.2, 0) is 9.59 Å². The fourth-order valence-electron chi connectivity index (χ4n) is 2.81. The Labute approximate surface area is 147 Å². The van der Waals surface area contributed by atoms with Gasteiger partial charge in [0.05, 0.1) is 24.1 Å². The summed E-state index contributed by atoms with van der Waals surface area (Å²) in [6.45, 7) is 4.39. The number of rotatable bonds is 6. The third-order valence-corrected chi connectivity index (χ3v) is 4.19. The second kappa shape index (κ2) is 7.38. The number of anilines is 2. The zero-order valence-corrected chi connectivity index (χ0v) is 14.4. The minimum absolute atomic E-state index is 0.108. The van der Waals surface area contributed by atoms with E-state index in [0.717, 1.165) is 11.3 Å². The zero-order chi connectivity index (χ0) is 17.8. The van der Waals surface area contributed by atoms with Gasteiger partial charge in [-0.25, -0.2) is 0 Å². The number of carbonyl (C=O) groups is 2. The fraction of sp³-hybridized carbons (Fsp3) is 0.300. The lowest BCUT2D eigenvalue weighted by molar-refractivity contribution is -0.122. The summed E-state index contributed by atoms with van der Waals surface area (Å²) in [5.41, 5.74) is 2.48. The number of hydrogen-bond acceptors (Lipinski definition) is 3. The van der Waals surface area contributed by atoms with E-state index in [2.05, 4.69) is 10.6 Å². The molecule has 1 saturated carbocycles. The number of carbonyl (C=O) groups excluding carboxylic acids is 2. The van der Waals surface area contributed by atoms with E-state index in [9.17, 15) is 9.59 Å². The summed E-state index contributed by atoms with van der Waals surface area (Å²) in [6, 6.07) is 14.9. The highest BCUT2D eigenvalue weighted by Gasteiger charge is 2.48. The Hall–Kier alpha value is -2.82. The minimum Gasteiger partial charge on any atom is -0.492 e. The van der Waals surface area contributed by atoms with Gasteiger partial charge in [-0.05, 0) is 50.1 Å². The van der Waals surface area contributed by atoms with Crippen molar-refractivity contribution < 1.29 is 14.3 Å². The smallest absolute Gasteiger partial charge is 0.228 e. The molecule has 2 unspecified atom stereocenters. The van der Waals surface area contributed by atoms with Gasteiger partial charge in [0.15, 0.2) is 0 Å². The van der Waals surface area contributed by atoms with Crippen molar-refractivity contribution in [2.75, 3.05) is 17.2 Å². The van der Waals surface area contributed by atoms with Gasteiger partial charge in [-0.1, -0.05) is 24.3 Å². The first-order valence-electron chi connectivity index (χ1n) is 8.48. The molecule has 0 saturated heterocycles. The van der Waals surface area contributed by atoms with Gasteiger partial charge in [0, 0.05) is 5.69 Å². The molecule has 5 nitrogen and oxygen atoms in total. The first kappa shape index (κ1) is 17.0. The molecule has 0 aromatic heterocycles. The van der Waals surface area contributed by atoms with E-state index in [4.69, 9.17) is 4.74 Å². The van der Waals surface area contributed by atoms with Crippen LogP contribution in [0.5, 0.6) is 5.75 Å². The normalized spacial score (nSPS) is 18.3. The Morgan fingerprint density at radius 3 is 2.48 bits per heavy atom. The van der Waals surface area contributed by atoms with Gasteiger partial charge < -0.3 is 15.4 Å². The van der Waals surface area contributed by atoms with Crippen LogP contribution in [0.3, 0.4) is 0 Å². The Balaban J connectivity index is 1.58. The lowest BCUT2D eigenvalue weighted by Crippen LogP contribution is -2.20. The first-order chi connectivity index (χ1) is 12.1. The molecule has 2 amide bonds. The van der Waals surface area contributed by atoms with E-state index in [1.165, 1.54) is 0 Å². The molecular formula is C20H22N2O3. The van der Waals surface area contributed by atoms with Crippen LogP contribution in [0, 0.1) is 18.8 Å². The molecule has 5 heteroatoms. The van der Waals surface area contributed by atoms with Gasteiger partial charge >= 0.3 is 0 Å². The van der Waals surface area contributed by atoms with Crippen LogP contribution < -0.4 is 15.4 Å². The average molecular weight is 338 g/mol. The molecule has 0 heterocycles. The second-order valence-electron chi connectivity index (χ2n) is 6.23. The number of hydrogen-bond donors (Lipinski definition) is 2. The maximum Gasteiger partial charge on any atom is 0.228 e. The number of nitrogens with one attached hydrogen (secondary N) is 2. The van der Waals surface area contributed by atoms with E-state index >= 15 is 0 Å². The fourth-order valence-corrected chi connectivity index (χ4v) is 2.81. The predicted molar refractivity (Wildman–Crippen MR) is 97.6 cm³/mol. The molecule has 1 aliphatic rings. The molecule has 2 atom stereocenters. The molecule has 2 aromatic rings. The summed E-state index contributed by atoms with van der Waals surface area (Å²) in [5.74, 6) is -0.181. The van der Waals surface area contributed by atoms with Crippen LogP contribution in [0.25, 0.3) is 0 Å². The summed E-state index contributed by atoms with van der Waals surface area (Å²) >= 11 is 0. The molecule has 130 valence electrons. The Morgan fingerprint density at radius 1 is 1.04 bits per heavy atom. The van der Waals surface area contributed by atoms with Crippen molar-refractivity contribution in [3.05, 3.63) is 54.1 Å². The molecule has 25 heavy (non-hydrogen) atoms. The topological polar surface area (TPSA) is 67.4 Å². The third kappa shape index (κ3) is 4.18.